The Kier molecular flexibility index (Phi) is 51.3. The summed E-state index contributed by atoms with van der Waals surface area (Å²) in [7, 11) is 0. The molecule has 0 aliphatic rings. The quantitative estimate of drug-likeness (QED) is 0.0262. The van der Waals surface area contributed by atoms with Gasteiger partial charge >= 0.3 is 17.9 Å². The lowest BCUT2D eigenvalue weighted by atomic mass is 10.0. The zero-order chi connectivity index (χ0) is 46.5. The molecule has 0 saturated carbocycles. The molecule has 1 atom stereocenters. The molecule has 0 aliphatic carbocycles. The van der Waals surface area contributed by atoms with Crippen LogP contribution in [0.1, 0.15) is 297 Å². The molecule has 0 aromatic rings. The van der Waals surface area contributed by atoms with Crippen molar-refractivity contribution in [1.29, 1.82) is 0 Å². The van der Waals surface area contributed by atoms with Crippen LogP contribution in [-0.4, -0.2) is 37.2 Å². The molecule has 0 amide bonds. The number of carbonyl (C=O) groups is 3. The van der Waals surface area contributed by atoms with Crippen molar-refractivity contribution in [2.75, 3.05) is 13.2 Å². The largest absolute Gasteiger partial charge is 0.462 e. The Balaban J connectivity index is 4.29. The summed E-state index contributed by atoms with van der Waals surface area (Å²) in [6, 6.07) is 0. The van der Waals surface area contributed by atoms with E-state index in [0.717, 1.165) is 70.6 Å². The number of hydrogen-bond acceptors (Lipinski definition) is 6. The van der Waals surface area contributed by atoms with Crippen molar-refractivity contribution in [2.24, 2.45) is 0 Å². The number of rotatable bonds is 51. The van der Waals surface area contributed by atoms with E-state index in [1.54, 1.807) is 0 Å². The van der Waals surface area contributed by atoms with Crippen molar-refractivity contribution in [3.8, 4) is 0 Å². The van der Waals surface area contributed by atoms with Gasteiger partial charge in [0.15, 0.2) is 6.10 Å². The van der Waals surface area contributed by atoms with Gasteiger partial charge in [0.2, 0.25) is 0 Å². The second kappa shape index (κ2) is 53.2. The summed E-state index contributed by atoms with van der Waals surface area (Å²) in [4.78, 5) is 38.0. The van der Waals surface area contributed by atoms with Gasteiger partial charge in [-0.3, -0.25) is 14.4 Å². The maximum atomic E-state index is 12.8. The molecule has 0 aliphatic heterocycles. The highest BCUT2D eigenvalue weighted by Gasteiger charge is 2.19. The highest BCUT2D eigenvalue weighted by molar-refractivity contribution is 5.71. The number of hydrogen-bond donors (Lipinski definition) is 0. The van der Waals surface area contributed by atoms with Crippen LogP contribution in [-0.2, 0) is 28.6 Å². The first kappa shape index (κ1) is 61.6. The van der Waals surface area contributed by atoms with Crippen LogP contribution in [0, 0.1) is 0 Å². The fourth-order valence-corrected chi connectivity index (χ4v) is 8.12. The van der Waals surface area contributed by atoms with Crippen molar-refractivity contribution < 1.29 is 28.6 Å². The lowest BCUT2D eigenvalue weighted by molar-refractivity contribution is -0.167. The van der Waals surface area contributed by atoms with Gasteiger partial charge in [0.05, 0.1) is 0 Å². The first-order valence-electron chi connectivity index (χ1n) is 28.0. The number of allylic oxidation sites excluding steroid dienone is 6. The highest BCUT2D eigenvalue weighted by atomic mass is 16.6. The second-order valence-electron chi connectivity index (χ2n) is 18.8. The van der Waals surface area contributed by atoms with Crippen LogP contribution in [0.4, 0.5) is 0 Å². The standard InChI is InChI=1S/C58H106O6/c1-4-7-10-13-16-19-22-25-26-27-28-29-30-31-32-34-36-39-42-45-48-51-57(60)63-54-55(53-62-56(59)50-47-44-41-38-35-24-21-18-15-12-9-6-3)64-58(61)52-49-46-43-40-37-33-23-20-17-14-11-8-5-2/h18,21-22,25,27-28,55H,4-17,19-20,23-24,26,29-54H2,1-3H3/b21-18-,25-22-,28-27-. The summed E-state index contributed by atoms with van der Waals surface area (Å²) < 4.78 is 16.8. The van der Waals surface area contributed by atoms with Crippen LogP contribution in [0.3, 0.4) is 0 Å². The lowest BCUT2D eigenvalue weighted by Gasteiger charge is -2.18. The van der Waals surface area contributed by atoms with Gasteiger partial charge in [-0.1, -0.05) is 237 Å². The summed E-state index contributed by atoms with van der Waals surface area (Å²) in [5, 5.41) is 0. The fraction of sp³-hybridized carbons (Fsp3) is 0.845. The minimum Gasteiger partial charge on any atom is -0.462 e. The van der Waals surface area contributed by atoms with Crippen LogP contribution in [0.5, 0.6) is 0 Å². The molecular formula is C58H106O6. The molecule has 0 saturated heterocycles. The molecule has 64 heavy (non-hydrogen) atoms. The minimum absolute atomic E-state index is 0.0738. The summed E-state index contributed by atoms with van der Waals surface area (Å²) in [6.45, 7) is 6.62. The minimum atomic E-state index is -0.773. The molecule has 0 bridgehead atoms. The monoisotopic (exact) mass is 899 g/mol. The maximum Gasteiger partial charge on any atom is 0.306 e. The highest BCUT2D eigenvalue weighted by Crippen LogP contribution is 2.16. The van der Waals surface area contributed by atoms with E-state index < -0.39 is 6.10 Å². The number of unbranched alkanes of at least 4 members (excludes halogenated alkanes) is 34. The maximum absolute atomic E-state index is 12.8. The van der Waals surface area contributed by atoms with Crippen LogP contribution >= 0.6 is 0 Å². The molecule has 6 nitrogen and oxygen atoms in total. The predicted molar refractivity (Wildman–Crippen MR) is 275 cm³/mol. The van der Waals surface area contributed by atoms with Crippen LogP contribution in [0.15, 0.2) is 36.5 Å². The zero-order valence-corrected chi connectivity index (χ0v) is 42.8. The average molecular weight is 899 g/mol. The van der Waals surface area contributed by atoms with Crippen molar-refractivity contribution >= 4 is 17.9 Å². The predicted octanol–water partition coefficient (Wildman–Crippen LogP) is 18.5. The van der Waals surface area contributed by atoms with E-state index in [1.165, 1.54) is 186 Å². The number of esters is 3. The van der Waals surface area contributed by atoms with Gasteiger partial charge in [-0.15, -0.1) is 0 Å². The third-order valence-electron chi connectivity index (χ3n) is 12.4. The number of ether oxygens (including phenoxy) is 3. The Morgan fingerprint density at radius 2 is 0.562 bits per heavy atom. The Hall–Kier alpha value is -2.37. The summed E-state index contributed by atoms with van der Waals surface area (Å²) >= 11 is 0. The summed E-state index contributed by atoms with van der Waals surface area (Å²) in [6.07, 6.45) is 62.7. The topological polar surface area (TPSA) is 78.9 Å². The molecule has 0 N–H and O–H groups in total. The normalized spacial score (nSPS) is 12.2. The van der Waals surface area contributed by atoms with Crippen molar-refractivity contribution in [1.82, 2.24) is 0 Å². The smallest absolute Gasteiger partial charge is 0.306 e. The van der Waals surface area contributed by atoms with Gasteiger partial charge in [0, 0.05) is 19.3 Å². The van der Waals surface area contributed by atoms with E-state index in [2.05, 4.69) is 57.2 Å². The van der Waals surface area contributed by atoms with Crippen molar-refractivity contribution in [3.63, 3.8) is 0 Å². The molecule has 0 radical (unpaired) electrons. The van der Waals surface area contributed by atoms with Crippen molar-refractivity contribution in [2.45, 2.75) is 303 Å². The first-order valence-corrected chi connectivity index (χ1v) is 28.0. The molecule has 6 heteroatoms. The number of carbonyl (C=O) groups excluding carboxylic acids is 3. The molecule has 0 heterocycles. The van der Waals surface area contributed by atoms with E-state index in [0.29, 0.717) is 19.3 Å². The van der Waals surface area contributed by atoms with Crippen LogP contribution in [0.2, 0.25) is 0 Å². The molecular weight excluding hydrogens is 793 g/mol. The third kappa shape index (κ3) is 50.6. The Bertz CT molecular complexity index is 1080. The van der Waals surface area contributed by atoms with Crippen LogP contribution in [0.25, 0.3) is 0 Å². The Labute approximate surface area is 397 Å². The Morgan fingerprint density at radius 1 is 0.312 bits per heavy atom. The molecule has 374 valence electrons. The fourth-order valence-electron chi connectivity index (χ4n) is 8.12. The Morgan fingerprint density at radius 3 is 0.906 bits per heavy atom. The third-order valence-corrected chi connectivity index (χ3v) is 12.4. The van der Waals surface area contributed by atoms with Gasteiger partial charge < -0.3 is 14.2 Å². The lowest BCUT2D eigenvalue weighted by Crippen LogP contribution is -2.30. The van der Waals surface area contributed by atoms with Gasteiger partial charge in [0.25, 0.3) is 0 Å². The molecule has 0 fully saturated rings. The SMILES string of the molecule is CCCCC/C=C\CCCCCCCC(=O)OCC(COC(=O)CCCCCCCCCCC/C=C\C/C=C\CCCCCCC)OC(=O)CCCCCCCCCCCCCCC. The van der Waals surface area contributed by atoms with Gasteiger partial charge in [-0.2, -0.15) is 0 Å². The van der Waals surface area contributed by atoms with E-state index in [4.69, 9.17) is 14.2 Å². The second-order valence-corrected chi connectivity index (χ2v) is 18.8. The zero-order valence-electron chi connectivity index (χ0n) is 42.8. The van der Waals surface area contributed by atoms with E-state index in [-0.39, 0.29) is 31.1 Å². The van der Waals surface area contributed by atoms with Crippen molar-refractivity contribution in [3.05, 3.63) is 36.5 Å². The van der Waals surface area contributed by atoms with Crippen LogP contribution < -0.4 is 0 Å². The van der Waals surface area contributed by atoms with E-state index in [9.17, 15) is 14.4 Å². The molecule has 1 unspecified atom stereocenters. The van der Waals surface area contributed by atoms with E-state index in [1.807, 2.05) is 0 Å². The summed E-state index contributed by atoms with van der Waals surface area (Å²) in [5.74, 6) is -0.873. The molecule has 0 aromatic heterocycles. The van der Waals surface area contributed by atoms with E-state index >= 15 is 0 Å². The van der Waals surface area contributed by atoms with Gasteiger partial charge in [0.1, 0.15) is 13.2 Å². The van der Waals surface area contributed by atoms with Gasteiger partial charge in [-0.05, 0) is 77.0 Å². The average Bonchev–Trinajstić information content (AvgIpc) is 3.29. The first-order chi connectivity index (χ1) is 31.5. The molecule has 0 aromatic carbocycles. The van der Waals surface area contributed by atoms with Gasteiger partial charge in [-0.25, -0.2) is 0 Å². The molecule has 0 rings (SSSR count). The molecule has 0 spiro atoms. The summed E-state index contributed by atoms with van der Waals surface area (Å²) in [5.41, 5.74) is 0.